The molecule has 0 aromatic carbocycles. The van der Waals surface area contributed by atoms with Crippen molar-refractivity contribution in [1.29, 1.82) is 0 Å². The molecule has 1 saturated heterocycles. The van der Waals surface area contributed by atoms with Gasteiger partial charge in [-0.2, -0.15) is 0 Å². The van der Waals surface area contributed by atoms with Crippen LogP contribution in [0.3, 0.4) is 0 Å². The number of carbonyl (C=O) groups excluding carboxylic acids is 1. The van der Waals surface area contributed by atoms with E-state index in [9.17, 15) is 9.59 Å². The van der Waals surface area contributed by atoms with Gasteiger partial charge in [0.2, 0.25) is 0 Å². The molecule has 20 heavy (non-hydrogen) atoms. The number of aromatic amines is 1. The van der Waals surface area contributed by atoms with E-state index in [0.717, 1.165) is 19.6 Å². The van der Waals surface area contributed by atoms with Crippen LogP contribution in [-0.2, 0) is 0 Å². The SMILES string of the molecule is Cc1[nH]c(C(=O)O)c(C)c1C(=O)NCCN1CCCC1. The van der Waals surface area contributed by atoms with Gasteiger partial charge in [-0.15, -0.1) is 0 Å². The molecule has 6 nitrogen and oxygen atoms in total. The molecule has 3 N–H and O–H groups in total. The molecule has 0 bridgehead atoms. The summed E-state index contributed by atoms with van der Waals surface area (Å²) in [5, 5.41) is 11.9. The summed E-state index contributed by atoms with van der Waals surface area (Å²) in [4.78, 5) is 28.3. The van der Waals surface area contributed by atoms with Gasteiger partial charge in [0.05, 0.1) is 5.56 Å². The zero-order valence-corrected chi connectivity index (χ0v) is 12.0. The summed E-state index contributed by atoms with van der Waals surface area (Å²) in [6, 6.07) is 0. The van der Waals surface area contributed by atoms with Gasteiger partial charge in [0.1, 0.15) is 5.69 Å². The second-order valence-electron chi connectivity index (χ2n) is 5.23. The number of likely N-dealkylation sites (tertiary alicyclic amines) is 1. The largest absolute Gasteiger partial charge is 0.477 e. The van der Waals surface area contributed by atoms with E-state index in [1.807, 2.05) is 0 Å². The van der Waals surface area contributed by atoms with Crippen LogP contribution in [0.15, 0.2) is 0 Å². The first kappa shape index (κ1) is 14.6. The molecule has 1 aliphatic rings. The summed E-state index contributed by atoms with van der Waals surface area (Å²) in [7, 11) is 0. The number of aromatic carboxylic acids is 1. The minimum Gasteiger partial charge on any atom is -0.477 e. The fourth-order valence-electron chi connectivity index (χ4n) is 2.73. The Bertz CT molecular complexity index is 516. The van der Waals surface area contributed by atoms with E-state index in [1.54, 1.807) is 13.8 Å². The topological polar surface area (TPSA) is 85.4 Å². The lowest BCUT2D eigenvalue weighted by atomic mass is 10.1. The minimum absolute atomic E-state index is 0.0900. The predicted octanol–water partition coefficient (Wildman–Crippen LogP) is 1.16. The lowest BCUT2D eigenvalue weighted by Gasteiger charge is -2.14. The zero-order valence-electron chi connectivity index (χ0n) is 12.0. The van der Waals surface area contributed by atoms with Gasteiger partial charge in [0.25, 0.3) is 5.91 Å². The van der Waals surface area contributed by atoms with Crippen molar-refractivity contribution in [2.45, 2.75) is 26.7 Å². The molecule has 0 unspecified atom stereocenters. The summed E-state index contributed by atoms with van der Waals surface area (Å²) in [6.07, 6.45) is 2.46. The number of nitrogens with one attached hydrogen (secondary N) is 2. The predicted molar refractivity (Wildman–Crippen MR) is 75.2 cm³/mol. The van der Waals surface area contributed by atoms with Crippen molar-refractivity contribution in [2.75, 3.05) is 26.2 Å². The molecule has 1 aromatic heterocycles. The van der Waals surface area contributed by atoms with Gasteiger partial charge in [0, 0.05) is 18.8 Å². The maximum absolute atomic E-state index is 12.2. The Morgan fingerprint density at radius 3 is 2.50 bits per heavy atom. The highest BCUT2D eigenvalue weighted by Gasteiger charge is 2.21. The van der Waals surface area contributed by atoms with Crippen molar-refractivity contribution in [3.63, 3.8) is 0 Å². The number of nitrogens with zero attached hydrogens (tertiary/aromatic N) is 1. The molecule has 0 spiro atoms. The molecule has 0 aliphatic carbocycles. The quantitative estimate of drug-likeness (QED) is 0.755. The van der Waals surface area contributed by atoms with Crippen molar-refractivity contribution >= 4 is 11.9 Å². The number of carboxylic acid groups (broad SMARTS) is 1. The molecule has 0 radical (unpaired) electrons. The number of carboxylic acids is 1. The first-order valence-corrected chi connectivity index (χ1v) is 6.93. The van der Waals surface area contributed by atoms with E-state index in [0.29, 0.717) is 23.4 Å². The number of aromatic nitrogens is 1. The van der Waals surface area contributed by atoms with Crippen molar-refractivity contribution in [1.82, 2.24) is 15.2 Å². The average Bonchev–Trinajstić information content (AvgIpc) is 2.97. The third-order valence-corrected chi connectivity index (χ3v) is 3.79. The molecule has 110 valence electrons. The van der Waals surface area contributed by atoms with Gasteiger partial charge in [-0.1, -0.05) is 0 Å². The maximum atomic E-state index is 12.2. The van der Waals surface area contributed by atoms with E-state index in [-0.39, 0.29) is 11.6 Å². The summed E-state index contributed by atoms with van der Waals surface area (Å²) in [6.45, 7) is 7.00. The zero-order chi connectivity index (χ0) is 14.7. The first-order chi connectivity index (χ1) is 9.50. The molecular formula is C14H21N3O3. The smallest absolute Gasteiger partial charge is 0.352 e. The van der Waals surface area contributed by atoms with Gasteiger partial charge >= 0.3 is 5.97 Å². The van der Waals surface area contributed by atoms with Crippen LogP contribution < -0.4 is 5.32 Å². The molecule has 1 fully saturated rings. The van der Waals surface area contributed by atoms with E-state index < -0.39 is 5.97 Å². The van der Waals surface area contributed by atoms with E-state index >= 15 is 0 Å². The van der Waals surface area contributed by atoms with Gasteiger partial charge in [-0.05, 0) is 45.3 Å². The molecule has 2 rings (SSSR count). The van der Waals surface area contributed by atoms with E-state index in [1.165, 1.54) is 12.8 Å². The van der Waals surface area contributed by atoms with Crippen LogP contribution in [0.2, 0.25) is 0 Å². The lowest BCUT2D eigenvalue weighted by molar-refractivity contribution is 0.0690. The lowest BCUT2D eigenvalue weighted by Crippen LogP contribution is -2.33. The Labute approximate surface area is 118 Å². The monoisotopic (exact) mass is 279 g/mol. The fourth-order valence-corrected chi connectivity index (χ4v) is 2.73. The second-order valence-corrected chi connectivity index (χ2v) is 5.23. The molecule has 1 aromatic rings. The van der Waals surface area contributed by atoms with Crippen LogP contribution in [0.1, 0.15) is 44.9 Å². The fraction of sp³-hybridized carbons (Fsp3) is 0.571. The Morgan fingerprint density at radius 2 is 1.95 bits per heavy atom. The molecular weight excluding hydrogens is 258 g/mol. The van der Waals surface area contributed by atoms with Gasteiger partial charge in [-0.3, -0.25) is 4.79 Å². The maximum Gasteiger partial charge on any atom is 0.352 e. The van der Waals surface area contributed by atoms with Crippen LogP contribution in [0, 0.1) is 13.8 Å². The van der Waals surface area contributed by atoms with Crippen LogP contribution in [0.25, 0.3) is 0 Å². The Balaban J connectivity index is 1.96. The van der Waals surface area contributed by atoms with E-state index in [2.05, 4.69) is 15.2 Å². The number of amides is 1. The molecule has 0 atom stereocenters. The van der Waals surface area contributed by atoms with Crippen molar-refractivity contribution in [3.8, 4) is 0 Å². The summed E-state index contributed by atoms with van der Waals surface area (Å²) in [5.74, 6) is -1.25. The minimum atomic E-state index is -1.04. The second kappa shape index (κ2) is 6.09. The highest BCUT2D eigenvalue weighted by molar-refractivity contribution is 6.00. The normalized spacial score (nSPS) is 15.5. The van der Waals surface area contributed by atoms with Crippen molar-refractivity contribution in [2.24, 2.45) is 0 Å². The number of hydrogen-bond donors (Lipinski definition) is 3. The molecule has 6 heteroatoms. The number of hydrogen-bond acceptors (Lipinski definition) is 3. The highest BCUT2D eigenvalue weighted by Crippen LogP contribution is 2.17. The van der Waals surface area contributed by atoms with E-state index in [4.69, 9.17) is 5.11 Å². The molecule has 0 saturated carbocycles. The third kappa shape index (κ3) is 3.01. The molecule has 2 heterocycles. The Kier molecular flexibility index (Phi) is 4.44. The number of rotatable bonds is 5. The Morgan fingerprint density at radius 1 is 1.30 bits per heavy atom. The van der Waals surface area contributed by atoms with Crippen LogP contribution in [0.5, 0.6) is 0 Å². The van der Waals surface area contributed by atoms with Gasteiger partial charge in [-0.25, -0.2) is 4.79 Å². The van der Waals surface area contributed by atoms with Crippen LogP contribution >= 0.6 is 0 Å². The van der Waals surface area contributed by atoms with Crippen molar-refractivity contribution < 1.29 is 14.7 Å². The number of aryl methyl sites for hydroxylation is 1. The Hall–Kier alpha value is -1.82. The first-order valence-electron chi connectivity index (χ1n) is 6.93. The highest BCUT2D eigenvalue weighted by atomic mass is 16.4. The standard InChI is InChI=1S/C14H21N3O3/c1-9-11(10(2)16-12(9)14(19)20)13(18)15-5-8-17-6-3-4-7-17/h16H,3-8H2,1-2H3,(H,15,18)(H,19,20). The average molecular weight is 279 g/mol. The van der Waals surface area contributed by atoms with Crippen molar-refractivity contribution in [3.05, 3.63) is 22.5 Å². The third-order valence-electron chi connectivity index (χ3n) is 3.79. The van der Waals surface area contributed by atoms with Gasteiger partial charge < -0.3 is 20.3 Å². The molecule has 1 aliphatic heterocycles. The molecule has 1 amide bonds. The van der Waals surface area contributed by atoms with Crippen LogP contribution in [-0.4, -0.2) is 53.0 Å². The summed E-state index contributed by atoms with van der Waals surface area (Å²) < 4.78 is 0. The summed E-state index contributed by atoms with van der Waals surface area (Å²) in [5.41, 5.74) is 1.63. The summed E-state index contributed by atoms with van der Waals surface area (Å²) >= 11 is 0. The number of carbonyl (C=O) groups is 2. The van der Waals surface area contributed by atoms with Gasteiger partial charge in [0.15, 0.2) is 0 Å². The number of H-pyrrole nitrogens is 1. The van der Waals surface area contributed by atoms with Crippen LogP contribution in [0.4, 0.5) is 0 Å².